The van der Waals surface area contributed by atoms with Gasteiger partial charge in [-0.1, -0.05) is 29.8 Å². The molecule has 0 aliphatic carbocycles. The summed E-state index contributed by atoms with van der Waals surface area (Å²) in [5.41, 5.74) is 2.16. The molecule has 5 nitrogen and oxygen atoms in total. The molecule has 1 aromatic carbocycles. The topological polar surface area (TPSA) is 62.5 Å². The maximum Gasteiger partial charge on any atom is 0.341 e. The van der Waals surface area contributed by atoms with Gasteiger partial charge in [-0.2, -0.15) is 0 Å². The summed E-state index contributed by atoms with van der Waals surface area (Å²) in [5.74, 6) is -1.19. The van der Waals surface area contributed by atoms with Gasteiger partial charge in [0.15, 0.2) is 0 Å². The van der Waals surface area contributed by atoms with E-state index in [4.69, 9.17) is 0 Å². The molecule has 2 aromatic rings. The average Bonchev–Trinajstić information content (AvgIpc) is 2.49. The number of benzene rings is 1. The van der Waals surface area contributed by atoms with Gasteiger partial charge in [0.05, 0.1) is 5.69 Å². The fourth-order valence-corrected chi connectivity index (χ4v) is 2.48. The molecule has 0 atom stereocenters. The van der Waals surface area contributed by atoms with Crippen LogP contribution in [0.2, 0.25) is 0 Å². The first-order valence-electron chi connectivity index (χ1n) is 7.59. The van der Waals surface area contributed by atoms with Gasteiger partial charge in [-0.05, 0) is 51.7 Å². The minimum absolute atomic E-state index is 0.189. The van der Waals surface area contributed by atoms with Crippen LogP contribution in [0, 0.1) is 6.92 Å². The smallest absolute Gasteiger partial charge is 0.341 e. The molecule has 122 valence electrons. The van der Waals surface area contributed by atoms with Gasteiger partial charge < -0.3 is 14.6 Å². The number of nitrogens with zero attached hydrogens (tertiary/aromatic N) is 2. The van der Waals surface area contributed by atoms with Gasteiger partial charge in [0.1, 0.15) is 5.56 Å². The summed E-state index contributed by atoms with van der Waals surface area (Å²) in [7, 11) is 3.94. The first-order valence-corrected chi connectivity index (χ1v) is 7.59. The second-order valence-corrected chi connectivity index (χ2v) is 5.92. The van der Waals surface area contributed by atoms with E-state index in [0.29, 0.717) is 6.54 Å². The quantitative estimate of drug-likeness (QED) is 0.890. The fraction of sp³-hybridized carbons (Fsp3) is 0.333. The lowest BCUT2D eigenvalue weighted by molar-refractivity contribution is 0.0694. The van der Waals surface area contributed by atoms with Gasteiger partial charge >= 0.3 is 5.97 Å². The van der Waals surface area contributed by atoms with Gasteiger partial charge in [-0.15, -0.1) is 0 Å². The van der Waals surface area contributed by atoms with E-state index < -0.39 is 11.5 Å². The van der Waals surface area contributed by atoms with Crippen molar-refractivity contribution in [2.75, 3.05) is 20.6 Å². The van der Waals surface area contributed by atoms with Crippen LogP contribution in [-0.4, -0.2) is 41.2 Å². The SMILES string of the molecule is Cc1ccc(-c2ccc(C(=O)O)c(=O)n2CCCN(C)C)cc1. The van der Waals surface area contributed by atoms with Gasteiger partial charge in [-0.3, -0.25) is 4.79 Å². The molecule has 0 saturated heterocycles. The minimum Gasteiger partial charge on any atom is -0.477 e. The highest BCUT2D eigenvalue weighted by Gasteiger charge is 2.15. The van der Waals surface area contributed by atoms with Crippen molar-refractivity contribution in [3.63, 3.8) is 0 Å². The fourth-order valence-electron chi connectivity index (χ4n) is 2.48. The summed E-state index contributed by atoms with van der Waals surface area (Å²) in [6, 6.07) is 11.0. The first-order chi connectivity index (χ1) is 10.9. The lowest BCUT2D eigenvalue weighted by Crippen LogP contribution is -2.28. The molecule has 1 N–H and O–H groups in total. The molecule has 1 aromatic heterocycles. The Morgan fingerprint density at radius 1 is 1.13 bits per heavy atom. The molecule has 1 heterocycles. The van der Waals surface area contributed by atoms with Gasteiger partial charge in [0.2, 0.25) is 0 Å². The van der Waals surface area contributed by atoms with Crippen molar-refractivity contribution in [1.82, 2.24) is 9.47 Å². The zero-order valence-electron chi connectivity index (χ0n) is 13.7. The van der Waals surface area contributed by atoms with Crippen molar-refractivity contribution in [2.45, 2.75) is 19.9 Å². The number of carboxylic acids is 1. The zero-order chi connectivity index (χ0) is 17.0. The molecule has 0 bridgehead atoms. The molecule has 0 fully saturated rings. The number of aryl methyl sites for hydroxylation is 1. The highest BCUT2D eigenvalue weighted by Crippen LogP contribution is 2.19. The predicted octanol–water partition coefficient (Wildman–Crippen LogP) is 2.47. The van der Waals surface area contributed by atoms with Crippen LogP contribution >= 0.6 is 0 Å². The largest absolute Gasteiger partial charge is 0.477 e. The minimum atomic E-state index is -1.19. The third-order valence-corrected chi connectivity index (χ3v) is 3.74. The van der Waals surface area contributed by atoms with Crippen LogP contribution in [0.15, 0.2) is 41.2 Å². The number of aromatic nitrogens is 1. The van der Waals surface area contributed by atoms with E-state index in [1.54, 1.807) is 10.6 Å². The second kappa shape index (κ2) is 7.24. The van der Waals surface area contributed by atoms with Gasteiger partial charge in [-0.25, -0.2) is 4.79 Å². The lowest BCUT2D eigenvalue weighted by atomic mass is 10.1. The highest BCUT2D eigenvalue weighted by atomic mass is 16.4. The number of hydrogen-bond acceptors (Lipinski definition) is 3. The van der Waals surface area contributed by atoms with E-state index in [-0.39, 0.29) is 5.56 Å². The number of pyridine rings is 1. The lowest BCUT2D eigenvalue weighted by Gasteiger charge is -2.16. The average molecular weight is 314 g/mol. The third-order valence-electron chi connectivity index (χ3n) is 3.74. The third kappa shape index (κ3) is 4.07. The molecular weight excluding hydrogens is 292 g/mol. The Morgan fingerprint density at radius 3 is 2.35 bits per heavy atom. The monoisotopic (exact) mass is 314 g/mol. The number of carbonyl (C=O) groups is 1. The van der Waals surface area contributed by atoms with Crippen LogP contribution < -0.4 is 5.56 Å². The maximum absolute atomic E-state index is 12.5. The van der Waals surface area contributed by atoms with Crippen LogP contribution in [-0.2, 0) is 6.54 Å². The van der Waals surface area contributed by atoms with Crippen LogP contribution in [0.25, 0.3) is 11.3 Å². The summed E-state index contributed by atoms with van der Waals surface area (Å²) in [6.07, 6.45) is 0.773. The van der Waals surface area contributed by atoms with Crippen molar-refractivity contribution >= 4 is 5.97 Å². The second-order valence-electron chi connectivity index (χ2n) is 5.92. The summed E-state index contributed by atoms with van der Waals surface area (Å²) in [6.45, 7) is 3.32. The van der Waals surface area contributed by atoms with Gasteiger partial charge in [0, 0.05) is 6.54 Å². The summed E-state index contributed by atoms with van der Waals surface area (Å²) < 4.78 is 1.57. The van der Waals surface area contributed by atoms with Crippen molar-refractivity contribution in [2.24, 2.45) is 0 Å². The van der Waals surface area contributed by atoms with Crippen molar-refractivity contribution in [3.8, 4) is 11.3 Å². The number of aromatic carboxylic acids is 1. The molecule has 23 heavy (non-hydrogen) atoms. The molecule has 0 aliphatic rings. The Bertz CT molecular complexity index is 746. The normalized spacial score (nSPS) is 11.0. The zero-order valence-corrected chi connectivity index (χ0v) is 13.7. The number of rotatable bonds is 6. The van der Waals surface area contributed by atoms with E-state index in [9.17, 15) is 14.7 Å². The standard InChI is InChI=1S/C18H22N2O3/c1-13-5-7-14(8-6-13)16-10-9-15(18(22)23)17(21)20(16)12-4-11-19(2)3/h5-10H,4,11-12H2,1-3H3,(H,22,23). The summed E-state index contributed by atoms with van der Waals surface area (Å²) >= 11 is 0. The van der Waals surface area contributed by atoms with Crippen molar-refractivity contribution in [1.29, 1.82) is 0 Å². The molecular formula is C18H22N2O3. The molecule has 0 radical (unpaired) electrons. The Labute approximate surface area is 135 Å². The van der Waals surface area contributed by atoms with E-state index in [1.807, 2.05) is 50.2 Å². The van der Waals surface area contributed by atoms with Crippen LogP contribution in [0.5, 0.6) is 0 Å². The Hall–Kier alpha value is -2.40. The molecule has 0 amide bonds. The van der Waals surface area contributed by atoms with Crippen LogP contribution in [0.3, 0.4) is 0 Å². The molecule has 0 saturated carbocycles. The molecule has 0 aliphatic heterocycles. The van der Waals surface area contributed by atoms with Crippen molar-refractivity contribution < 1.29 is 9.90 Å². The Balaban J connectivity index is 2.48. The molecule has 2 rings (SSSR count). The maximum atomic E-state index is 12.5. The first kappa shape index (κ1) is 17.0. The number of hydrogen-bond donors (Lipinski definition) is 1. The summed E-state index contributed by atoms with van der Waals surface area (Å²) in [4.78, 5) is 25.8. The van der Waals surface area contributed by atoms with E-state index >= 15 is 0 Å². The van der Waals surface area contributed by atoms with E-state index in [1.165, 1.54) is 6.07 Å². The van der Waals surface area contributed by atoms with Crippen LogP contribution in [0.4, 0.5) is 0 Å². The molecule has 5 heteroatoms. The Kier molecular flexibility index (Phi) is 5.34. The Morgan fingerprint density at radius 2 is 1.78 bits per heavy atom. The van der Waals surface area contributed by atoms with Gasteiger partial charge in [0.25, 0.3) is 5.56 Å². The van der Waals surface area contributed by atoms with E-state index in [0.717, 1.165) is 29.8 Å². The summed E-state index contributed by atoms with van der Waals surface area (Å²) in [5, 5.41) is 9.18. The number of carboxylic acid groups (broad SMARTS) is 1. The van der Waals surface area contributed by atoms with Crippen molar-refractivity contribution in [3.05, 3.63) is 57.9 Å². The molecule has 0 spiro atoms. The molecule has 0 unspecified atom stereocenters. The highest BCUT2D eigenvalue weighted by molar-refractivity contribution is 5.87. The van der Waals surface area contributed by atoms with E-state index in [2.05, 4.69) is 0 Å². The van der Waals surface area contributed by atoms with Crippen LogP contribution in [0.1, 0.15) is 22.3 Å². The predicted molar refractivity (Wildman–Crippen MR) is 91.0 cm³/mol.